The first-order valence-corrected chi connectivity index (χ1v) is 7.43. The maximum Gasteiger partial charge on any atom is 0.178 e. The van der Waals surface area contributed by atoms with Gasteiger partial charge in [0.2, 0.25) is 0 Å². The minimum atomic E-state index is 0.215. The number of fused-ring (bicyclic) bond motifs is 1. The van der Waals surface area contributed by atoms with Gasteiger partial charge in [-0.25, -0.2) is 0 Å². The number of halogens is 2. The molecule has 1 aliphatic rings. The summed E-state index contributed by atoms with van der Waals surface area (Å²) in [5, 5.41) is 1.11. The minimum Gasteiger partial charge on any atom is -0.331 e. The Bertz CT molecular complexity index is 726. The molecule has 3 rings (SSSR count). The zero-order chi connectivity index (χ0) is 14.2. The van der Waals surface area contributed by atoms with Gasteiger partial charge in [-0.2, -0.15) is 0 Å². The van der Waals surface area contributed by atoms with E-state index in [0.29, 0.717) is 16.1 Å². The summed E-state index contributed by atoms with van der Waals surface area (Å²) in [7, 11) is 0. The average molecular weight is 315 g/mol. The van der Waals surface area contributed by atoms with Crippen molar-refractivity contribution in [1.29, 1.82) is 0 Å². The van der Waals surface area contributed by atoms with Crippen molar-refractivity contribution in [2.24, 2.45) is 10.8 Å². The lowest BCUT2D eigenvalue weighted by molar-refractivity contribution is 0.457. The molecule has 1 saturated carbocycles. The van der Waals surface area contributed by atoms with Gasteiger partial charge in [-0.3, -0.25) is 0 Å². The average Bonchev–Trinajstić information content (AvgIpc) is 2.54. The van der Waals surface area contributed by atoms with Crippen LogP contribution in [0.25, 0.3) is 11.0 Å². The highest BCUT2D eigenvalue weighted by Crippen LogP contribution is 2.71. The second-order valence-electron chi connectivity index (χ2n) is 6.43. The monoisotopic (exact) mass is 314 g/mol. The van der Waals surface area contributed by atoms with Crippen LogP contribution in [0.4, 0.5) is 0 Å². The van der Waals surface area contributed by atoms with Crippen LogP contribution in [0.15, 0.2) is 12.1 Å². The zero-order valence-electron chi connectivity index (χ0n) is 11.3. The normalized spacial score (nSPS) is 20.9. The molecule has 1 N–H and O–H groups in total. The van der Waals surface area contributed by atoms with Crippen LogP contribution in [-0.2, 0) is 0 Å². The molecule has 2 aromatic rings. The molecular weight excluding hydrogens is 299 g/mol. The van der Waals surface area contributed by atoms with E-state index in [2.05, 4.69) is 37.2 Å². The van der Waals surface area contributed by atoms with E-state index >= 15 is 0 Å². The van der Waals surface area contributed by atoms with Crippen LogP contribution in [-0.4, -0.2) is 9.55 Å². The summed E-state index contributed by atoms with van der Waals surface area (Å²) in [5.41, 5.74) is 2.40. The van der Waals surface area contributed by atoms with Crippen LogP contribution in [0, 0.1) is 15.6 Å². The van der Waals surface area contributed by atoms with Crippen molar-refractivity contribution >= 4 is 46.5 Å². The Morgan fingerprint density at radius 2 is 1.63 bits per heavy atom. The maximum atomic E-state index is 6.14. The summed E-state index contributed by atoms with van der Waals surface area (Å²) in [6, 6.07) is 4.11. The van der Waals surface area contributed by atoms with Gasteiger partial charge in [0.25, 0.3) is 0 Å². The first-order chi connectivity index (χ1) is 8.68. The molecule has 5 heteroatoms. The number of nitrogens with one attached hydrogen (secondary N) is 1. The summed E-state index contributed by atoms with van der Waals surface area (Å²) in [4.78, 5) is 3.23. The number of hydrogen-bond acceptors (Lipinski definition) is 1. The van der Waals surface area contributed by atoms with Crippen LogP contribution in [0.2, 0.25) is 10.0 Å². The molecular formula is C14H16Cl2N2S. The fraction of sp³-hybridized carbons (Fsp3) is 0.500. The summed E-state index contributed by atoms with van der Waals surface area (Å²) in [6.07, 6.45) is 0. The maximum absolute atomic E-state index is 6.14. The minimum absolute atomic E-state index is 0.215. The van der Waals surface area contributed by atoms with Crippen molar-refractivity contribution in [3.63, 3.8) is 0 Å². The number of H-pyrrole nitrogens is 1. The Labute approximate surface area is 127 Å². The van der Waals surface area contributed by atoms with Gasteiger partial charge in [-0.15, -0.1) is 0 Å². The molecule has 102 valence electrons. The van der Waals surface area contributed by atoms with Gasteiger partial charge < -0.3 is 9.55 Å². The molecule has 1 aromatic carbocycles. The van der Waals surface area contributed by atoms with Crippen molar-refractivity contribution in [3.8, 4) is 0 Å². The molecule has 1 fully saturated rings. The summed E-state index contributed by atoms with van der Waals surface area (Å²) < 4.78 is 2.92. The Hall–Kier alpha value is -0.510. The Morgan fingerprint density at radius 1 is 1.11 bits per heavy atom. The highest BCUT2D eigenvalue weighted by molar-refractivity contribution is 7.71. The number of rotatable bonds is 1. The van der Waals surface area contributed by atoms with Crippen molar-refractivity contribution < 1.29 is 0 Å². The Morgan fingerprint density at radius 3 is 2.16 bits per heavy atom. The lowest BCUT2D eigenvalue weighted by atomic mass is 10.0. The third-order valence-corrected chi connectivity index (χ3v) is 5.98. The molecule has 0 aliphatic heterocycles. The van der Waals surface area contributed by atoms with Gasteiger partial charge >= 0.3 is 0 Å². The lowest BCUT2D eigenvalue weighted by Gasteiger charge is -2.07. The molecule has 0 spiro atoms. The van der Waals surface area contributed by atoms with Crippen molar-refractivity contribution in [2.75, 3.05) is 0 Å². The highest BCUT2D eigenvalue weighted by Gasteiger charge is 2.66. The molecule has 19 heavy (non-hydrogen) atoms. The summed E-state index contributed by atoms with van der Waals surface area (Å²) in [5.74, 6) is 0. The topological polar surface area (TPSA) is 20.7 Å². The van der Waals surface area contributed by atoms with E-state index in [9.17, 15) is 0 Å². The van der Waals surface area contributed by atoms with Crippen LogP contribution < -0.4 is 0 Å². The van der Waals surface area contributed by atoms with Crippen LogP contribution >= 0.6 is 35.4 Å². The third kappa shape index (κ3) is 1.65. The Kier molecular flexibility index (Phi) is 2.68. The molecule has 0 atom stereocenters. The van der Waals surface area contributed by atoms with Gasteiger partial charge in [0.05, 0.1) is 21.1 Å². The van der Waals surface area contributed by atoms with E-state index in [1.165, 1.54) is 0 Å². The van der Waals surface area contributed by atoms with Crippen LogP contribution in [0.5, 0.6) is 0 Å². The number of imidazole rings is 1. The molecule has 0 bridgehead atoms. The molecule has 2 nitrogen and oxygen atoms in total. The fourth-order valence-electron chi connectivity index (χ4n) is 3.18. The first kappa shape index (κ1) is 13.5. The van der Waals surface area contributed by atoms with Gasteiger partial charge in [0.15, 0.2) is 4.77 Å². The molecule has 1 aliphatic carbocycles. The predicted molar refractivity (Wildman–Crippen MR) is 83.7 cm³/mol. The third-order valence-electron chi connectivity index (χ3n) is 4.96. The second-order valence-corrected chi connectivity index (χ2v) is 7.63. The number of aromatic nitrogens is 2. The number of aromatic amines is 1. The highest BCUT2D eigenvalue weighted by atomic mass is 35.5. The van der Waals surface area contributed by atoms with E-state index in [1.54, 1.807) is 0 Å². The zero-order valence-corrected chi connectivity index (χ0v) is 13.7. The van der Waals surface area contributed by atoms with Crippen molar-refractivity contribution in [3.05, 3.63) is 26.9 Å². The second kappa shape index (κ2) is 3.78. The van der Waals surface area contributed by atoms with E-state index in [4.69, 9.17) is 35.4 Å². The van der Waals surface area contributed by atoms with Crippen LogP contribution in [0.1, 0.15) is 33.7 Å². The lowest BCUT2D eigenvalue weighted by Crippen LogP contribution is -2.00. The SMILES string of the molecule is CC1(C)C(n2c(=S)[nH]c3cc(Cl)c(Cl)cc32)C1(C)C. The molecule has 1 aromatic heterocycles. The van der Waals surface area contributed by atoms with Crippen LogP contribution in [0.3, 0.4) is 0 Å². The van der Waals surface area contributed by atoms with Gasteiger partial charge in [-0.05, 0) is 35.2 Å². The predicted octanol–water partition coefficient (Wildman–Crippen LogP) is 5.61. The van der Waals surface area contributed by atoms with E-state index < -0.39 is 0 Å². The van der Waals surface area contributed by atoms with Crippen molar-refractivity contribution in [1.82, 2.24) is 9.55 Å². The molecule has 1 heterocycles. The van der Waals surface area contributed by atoms with Gasteiger partial charge in [-0.1, -0.05) is 50.9 Å². The fourth-order valence-corrected chi connectivity index (χ4v) is 3.82. The van der Waals surface area contributed by atoms with E-state index in [0.717, 1.165) is 15.8 Å². The molecule has 0 saturated heterocycles. The van der Waals surface area contributed by atoms with E-state index in [-0.39, 0.29) is 10.8 Å². The van der Waals surface area contributed by atoms with Crippen molar-refractivity contribution in [2.45, 2.75) is 33.7 Å². The summed E-state index contributed by atoms with van der Waals surface area (Å²) >= 11 is 17.7. The molecule has 0 unspecified atom stereocenters. The number of nitrogens with zero attached hydrogens (tertiary/aromatic N) is 1. The quantitative estimate of drug-likeness (QED) is 0.678. The largest absolute Gasteiger partial charge is 0.331 e. The Balaban J connectivity index is 2.29. The first-order valence-electron chi connectivity index (χ1n) is 6.27. The van der Waals surface area contributed by atoms with Gasteiger partial charge in [0.1, 0.15) is 0 Å². The van der Waals surface area contributed by atoms with Gasteiger partial charge in [0, 0.05) is 6.04 Å². The standard InChI is InChI=1S/C14H16Cl2N2S/c1-13(2)11(14(13,3)4)18-10-6-8(16)7(15)5-9(10)17-12(18)19/h5-6,11H,1-4H3,(H,17,19). The number of benzene rings is 1. The number of hydrogen-bond donors (Lipinski definition) is 1. The summed E-state index contributed by atoms with van der Waals surface area (Å²) in [6.45, 7) is 9.09. The smallest absolute Gasteiger partial charge is 0.178 e. The van der Waals surface area contributed by atoms with E-state index in [1.807, 2.05) is 12.1 Å². The molecule has 0 radical (unpaired) electrons. The molecule has 0 amide bonds.